The van der Waals surface area contributed by atoms with Crippen LogP contribution in [0, 0.1) is 5.82 Å². The molecule has 0 unspecified atom stereocenters. The first-order valence-electron chi connectivity index (χ1n) is 11.7. The van der Waals surface area contributed by atoms with Gasteiger partial charge in [-0.05, 0) is 53.9 Å². The van der Waals surface area contributed by atoms with Gasteiger partial charge in [-0.1, -0.05) is 18.2 Å². The number of amides is 1. The summed E-state index contributed by atoms with van der Waals surface area (Å²) in [5.41, 5.74) is 1.16. The Hall–Kier alpha value is -4.26. The largest absolute Gasteiger partial charge is 0.416 e. The Morgan fingerprint density at radius 3 is 2.62 bits per heavy atom. The van der Waals surface area contributed by atoms with Crippen molar-refractivity contribution in [2.24, 2.45) is 0 Å². The Balaban J connectivity index is 1.30. The zero-order valence-electron chi connectivity index (χ0n) is 20.2. The molecule has 0 atom stereocenters. The molecule has 0 spiro atoms. The van der Waals surface area contributed by atoms with Gasteiger partial charge in [0.25, 0.3) is 5.91 Å². The van der Waals surface area contributed by atoms with Crippen LogP contribution in [0.15, 0.2) is 72.1 Å². The molecule has 2 aromatic carbocycles. The summed E-state index contributed by atoms with van der Waals surface area (Å²) in [6.07, 6.45) is -1.55. The number of carbonyl (C=O) groups excluding carboxylic acids is 1. The number of aromatic nitrogens is 3. The molecule has 0 fully saturated rings. The first kappa shape index (κ1) is 26.4. The minimum absolute atomic E-state index is 0.0563. The molecule has 4 aromatic rings. The zero-order valence-corrected chi connectivity index (χ0v) is 21.0. The molecule has 0 saturated heterocycles. The molecule has 0 saturated carbocycles. The van der Waals surface area contributed by atoms with Crippen molar-refractivity contribution in [3.63, 3.8) is 0 Å². The van der Waals surface area contributed by atoms with Gasteiger partial charge in [0.1, 0.15) is 17.3 Å². The van der Waals surface area contributed by atoms with Gasteiger partial charge >= 0.3 is 6.18 Å². The maximum atomic E-state index is 14.4. The number of nitrogens with zero attached hydrogens (tertiary/aromatic N) is 3. The molecule has 1 aliphatic rings. The van der Waals surface area contributed by atoms with E-state index in [-0.39, 0.29) is 35.4 Å². The lowest BCUT2D eigenvalue weighted by Gasteiger charge is -2.30. The molecular formula is C26H21F4N5O3S. The number of fused-ring (bicyclic) bond motifs is 1. The van der Waals surface area contributed by atoms with Crippen molar-refractivity contribution in [2.75, 3.05) is 11.9 Å². The molecule has 1 amide bonds. The molecule has 2 aromatic heterocycles. The second-order valence-corrected chi connectivity index (χ2v) is 10.8. The van der Waals surface area contributed by atoms with Crippen LogP contribution < -0.4 is 5.32 Å². The number of hydrogen-bond acceptors (Lipinski definition) is 6. The molecule has 1 aliphatic heterocycles. The van der Waals surface area contributed by atoms with Crippen LogP contribution in [0.1, 0.15) is 32.9 Å². The summed E-state index contributed by atoms with van der Waals surface area (Å²) < 4.78 is 78.4. The maximum Gasteiger partial charge on any atom is 0.416 e. The van der Waals surface area contributed by atoms with Crippen LogP contribution in [-0.2, 0) is 34.7 Å². The lowest BCUT2D eigenvalue weighted by molar-refractivity contribution is -0.137. The third-order valence-electron chi connectivity index (χ3n) is 6.25. The van der Waals surface area contributed by atoms with Crippen LogP contribution in [0.2, 0.25) is 0 Å². The van der Waals surface area contributed by atoms with Gasteiger partial charge in [0, 0.05) is 31.2 Å². The highest BCUT2D eigenvalue weighted by Crippen LogP contribution is 2.34. The Bertz CT molecular complexity index is 1640. The van der Waals surface area contributed by atoms with Crippen molar-refractivity contribution in [1.29, 1.82) is 0 Å². The SMILES string of the molecule is O=C(c1c[nH]c(S(=O)(=O)Cc2ccccn2)n1)N1CCc2c(cccc2Nc2ccc(C(F)(F)F)cc2F)C1. The van der Waals surface area contributed by atoms with Gasteiger partial charge in [-0.3, -0.25) is 9.78 Å². The number of benzene rings is 2. The summed E-state index contributed by atoms with van der Waals surface area (Å²) >= 11 is 0. The van der Waals surface area contributed by atoms with Gasteiger partial charge < -0.3 is 15.2 Å². The number of nitrogens with one attached hydrogen (secondary N) is 2. The summed E-state index contributed by atoms with van der Waals surface area (Å²) in [6, 6.07) is 12.3. The topological polar surface area (TPSA) is 108 Å². The minimum Gasteiger partial charge on any atom is -0.353 e. The van der Waals surface area contributed by atoms with Crippen LogP contribution in [-0.4, -0.2) is 40.7 Å². The molecule has 5 rings (SSSR count). The van der Waals surface area contributed by atoms with E-state index in [0.717, 1.165) is 23.3 Å². The fourth-order valence-electron chi connectivity index (χ4n) is 4.32. The molecule has 39 heavy (non-hydrogen) atoms. The third-order valence-corrected chi connectivity index (χ3v) is 7.73. The summed E-state index contributed by atoms with van der Waals surface area (Å²) in [4.78, 5) is 25.2. The number of pyridine rings is 1. The highest BCUT2D eigenvalue weighted by atomic mass is 32.2. The fourth-order valence-corrected chi connectivity index (χ4v) is 5.49. The highest BCUT2D eigenvalue weighted by Gasteiger charge is 2.31. The number of hydrogen-bond donors (Lipinski definition) is 2. The minimum atomic E-state index is -4.65. The molecular weight excluding hydrogens is 538 g/mol. The molecule has 0 bridgehead atoms. The number of imidazole rings is 1. The van der Waals surface area contributed by atoms with E-state index in [9.17, 15) is 30.8 Å². The lowest BCUT2D eigenvalue weighted by Crippen LogP contribution is -2.36. The zero-order chi connectivity index (χ0) is 27.8. The number of rotatable bonds is 6. The number of alkyl halides is 3. The third kappa shape index (κ3) is 5.62. The number of H-pyrrole nitrogens is 1. The van der Waals surface area contributed by atoms with E-state index in [2.05, 4.69) is 20.3 Å². The molecule has 0 aliphatic carbocycles. The Morgan fingerprint density at radius 1 is 1.08 bits per heavy atom. The van der Waals surface area contributed by atoms with Crippen LogP contribution in [0.5, 0.6) is 0 Å². The monoisotopic (exact) mass is 559 g/mol. The smallest absolute Gasteiger partial charge is 0.353 e. The van der Waals surface area contributed by atoms with Gasteiger partial charge in [-0.25, -0.2) is 17.8 Å². The standard InChI is InChI=1S/C26H21F4N5O3S/c27-20-12-17(26(28,29)30)7-8-22(20)33-21-6-3-4-16-14-35(11-9-19(16)21)24(36)23-13-32-25(34-23)39(37,38)15-18-5-1-2-10-31-18/h1-8,10,12-13,33H,9,11,14-15H2,(H,32,34). The molecule has 13 heteroatoms. The van der Waals surface area contributed by atoms with E-state index >= 15 is 0 Å². The van der Waals surface area contributed by atoms with Gasteiger partial charge in [-0.2, -0.15) is 13.2 Å². The van der Waals surface area contributed by atoms with E-state index < -0.39 is 33.3 Å². The second-order valence-electron chi connectivity index (χ2n) is 8.91. The van der Waals surface area contributed by atoms with E-state index in [4.69, 9.17) is 0 Å². The number of halogens is 4. The van der Waals surface area contributed by atoms with Crippen molar-refractivity contribution in [2.45, 2.75) is 30.1 Å². The first-order valence-corrected chi connectivity index (χ1v) is 13.4. The highest BCUT2D eigenvalue weighted by molar-refractivity contribution is 7.90. The summed E-state index contributed by atoms with van der Waals surface area (Å²) in [6.45, 7) is 0.449. The number of carbonyl (C=O) groups is 1. The Labute approximate surface area is 220 Å². The lowest BCUT2D eigenvalue weighted by atomic mass is 9.97. The van der Waals surface area contributed by atoms with E-state index in [1.165, 1.54) is 17.3 Å². The average Bonchev–Trinajstić information content (AvgIpc) is 3.41. The number of anilines is 2. The number of aromatic amines is 1. The van der Waals surface area contributed by atoms with Gasteiger partial charge in [-0.15, -0.1) is 0 Å². The molecule has 8 nitrogen and oxygen atoms in total. The van der Waals surface area contributed by atoms with Gasteiger partial charge in [0.15, 0.2) is 0 Å². The molecule has 2 N–H and O–H groups in total. The fraction of sp³-hybridized carbons (Fsp3) is 0.192. The molecule has 202 valence electrons. The summed E-state index contributed by atoms with van der Waals surface area (Å²) in [5, 5.41) is 2.53. The summed E-state index contributed by atoms with van der Waals surface area (Å²) in [5.74, 6) is -1.88. The Kier molecular flexibility index (Phi) is 6.85. The van der Waals surface area contributed by atoms with Crippen molar-refractivity contribution < 1.29 is 30.8 Å². The first-order chi connectivity index (χ1) is 18.5. The molecule has 0 radical (unpaired) electrons. The van der Waals surface area contributed by atoms with Crippen molar-refractivity contribution >= 4 is 27.1 Å². The van der Waals surface area contributed by atoms with E-state index in [0.29, 0.717) is 23.9 Å². The van der Waals surface area contributed by atoms with Crippen LogP contribution in [0.4, 0.5) is 28.9 Å². The maximum absolute atomic E-state index is 14.4. The Morgan fingerprint density at radius 2 is 1.90 bits per heavy atom. The number of sulfone groups is 1. The van der Waals surface area contributed by atoms with Crippen LogP contribution in [0.25, 0.3) is 0 Å². The summed E-state index contributed by atoms with van der Waals surface area (Å²) in [7, 11) is -3.86. The van der Waals surface area contributed by atoms with E-state index in [1.54, 1.807) is 36.4 Å². The van der Waals surface area contributed by atoms with Crippen molar-refractivity contribution in [1.82, 2.24) is 19.9 Å². The predicted octanol–water partition coefficient (Wildman–Crippen LogP) is 4.88. The van der Waals surface area contributed by atoms with Gasteiger partial charge in [0.2, 0.25) is 15.0 Å². The predicted molar refractivity (Wildman–Crippen MR) is 133 cm³/mol. The van der Waals surface area contributed by atoms with Crippen molar-refractivity contribution in [3.8, 4) is 0 Å². The van der Waals surface area contributed by atoms with Crippen molar-refractivity contribution in [3.05, 3.63) is 101 Å². The quantitative estimate of drug-likeness (QED) is 0.326. The average molecular weight is 560 g/mol. The normalized spacial score (nSPS) is 13.7. The van der Waals surface area contributed by atoms with Crippen LogP contribution in [0.3, 0.4) is 0 Å². The second kappa shape index (κ2) is 10.1. The van der Waals surface area contributed by atoms with E-state index in [1.807, 2.05) is 0 Å². The van der Waals surface area contributed by atoms with Gasteiger partial charge in [0.05, 0.1) is 16.9 Å². The van der Waals surface area contributed by atoms with Crippen LogP contribution >= 0.6 is 0 Å². The molecule has 3 heterocycles.